The first-order valence-corrected chi connectivity index (χ1v) is 21.3. The van der Waals surface area contributed by atoms with Crippen LogP contribution in [0.4, 0.5) is 0 Å². The van der Waals surface area contributed by atoms with Gasteiger partial charge < -0.3 is 27.9 Å². The van der Waals surface area contributed by atoms with E-state index in [1.807, 2.05) is 0 Å². The molecule has 5 rings (SSSR count). The second kappa shape index (κ2) is 18.1. The molecule has 4 aromatic rings. The lowest BCUT2D eigenvalue weighted by atomic mass is 9.99. The van der Waals surface area contributed by atoms with E-state index in [-0.39, 0.29) is 35.2 Å². The third-order valence-corrected chi connectivity index (χ3v) is 15.3. The molecule has 0 N–H and O–H groups in total. The quantitative estimate of drug-likeness (QED) is 0.0205. The number of alkyl halides is 1. The van der Waals surface area contributed by atoms with E-state index in [1.165, 1.54) is 6.33 Å². The van der Waals surface area contributed by atoms with Gasteiger partial charge in [0.1, 0.15) is 18.8 Å². The highest BCUT2D eigenvalue weighted by Gasteiger charge is 2.52. The van der Waals surface area contributed by atoms with Crippen molar-refractivity contribution < 1.29 is 37.8 Å². The Balaban J connectivity index is 1.54. The Morgan fingerprint density at radius 1 is 0.891 bits per heavy atom. The summed E-state index contributed by atoms with van der Waals surface area (Å²) in [6.07, 6.45) is -2.35. The number of aromatic nitrogens is 2. The van der Waals surface area contributed by atoms with Crippen LogP contribution in [-0.4, -0.2) is 72.6 Å². The van der Waals surface area contributed by atoms with Gasteiger partial charge in [-0.15, -0.1) is 11.6 Å². The van der Waals surface area contributed by atoms with Gasteiger partial charge in [-0.3, -0.25) is 0 Å². The largest absolute Gasteiger partial charge is 0.459 e. The van der Waals surface area contributed by atoms with Crippen LogP contribution >= 0.6 is 11.6 Å². The molecule has 0 saturated carbocycles. The molecule has 6 atom stereocenters. The molecular weight excluding hydrogens is 742 g/mol. The Labute approximate surface area is 326 Å². The lowest BCUT2D eigenvalue weighted by Crippen LogP contribution is -2.47. The number of carbonyl (C=O) groups is 3. The van der Waals surface area contributed by atoms with Gasteiger partial charge in [0, 0.05) is 17.7 Å². The monoisotopic (exact) mass is 787 g/mol. The van der Waals surface area contributed by atoms with Crippen LogP contribution in [0.3, 0.4) is 0 Å². The van der Waals surface area contributed by atoms with Gasteiger partial charge in [0.15, 0.2) is 26.8 Å². The van der Waals surface area contributed by atoms with Gasteiger partial charge in [0.2, 0.25) is 0 Å². The molecule has 1 saturated heterocycles. The van der Waals surface area contributed by atoms with Crippen molar-refractivity contribution in [2.75, 3.05) is 13.2 Å². The van der Waals surface area contributed by atoms with Crippen molar-refractivity contribution in [3.8, 4) is 0 Å². The van der Waals surface area contributed by atoms with E-state index in [0.29, 0.717) is 11.3 Å². The van der Waals surface area contributed by atoms with Crippen LogP contribution in [0.1, 0.15) is 76.8 Å². The van der Waals surface area contributed by atoms with Gasteiger partial charge in [0.05, 0.1) is 34.1 Å². The Bertz CT molecular complexity index is 1960. The molecule has 2 heterocycles. The molecule has 0 bridgehead atoms. The number of esters is 3. The van der Waals surface area contributed by atoms with Crippen LogP contribution in [0.2, 0.25) is 18.1 Å². The summed E-state index contributed by atoms with van der Waals surface area (Å²) in [5.74, 6) is -1.72. The average molecular weight is 788 g/mol. The summed E-state index contributed by atoms with van der Waals surface area (Å²) in [5.41, 5.74) is 10.3. The zero-order valence-corrected chi connectivity index (χ0v) is 33.4. The van der Waals surface area contributed by atoms with Crippen molar-refractivity contribution in [3.05, 3.63) is 136 Å². The maximum atomic E-state index is 13.6. The van der Waals surface area contributed by atoms with Crippen LogP contribution in [0.25, 0.3) is 10.4 Å². The maximum Gasteiger partial charge on any atom is 0.338 e. The Hall–Kier alpha value is -4.98. The summed E-state index contributed by atoms with van der Waals surface area (Å²) in [6.45, 7) is 12.4. The third-order valence-electron chi connectivity index (χ3n) is 10.5. The number of hydrogen-bond donors (Lipinski definition) is 0. The van der Waals surface area contributed by atoms with Gasteiger partial charge in [-0.1, -0.05) is 87.4 Å². The number of carbonyl (C=O) groups excluding carboxylic acids is 3. The molecule has 1 aliphatic heterocycles. The number of hydrogen-bond acceptors (Lipinski definition) is 10. The molecule has 0 aliphatic carbocycles. The number of azide groups is 1. The predicted molar refractivity (Wildman–Crippen MR) is 208 cm³/mol. The van der Waals surface area contributed by atoms with E-state index in [4.69, 9.17) is 40.5 Å². The van der Waals surface area contributed by atoms with E-state index in [2.05, 4.69) is 55.8 Å². The maximum absolute atomic E-state index is 13.6. The summed E-state index contributed by atoms with van der Waals surface area (Å²) < 4.78 is 32.8. The van der Waals surface area contributed by atoms with Gasteiger partial charge in [-0.25, -0.2) is 19.4 Å². The Morgan fingerprint density at radius 2 is 1.40 bits per heavy atom. The highest BCUT2D eigenvalue weighted by Crippen LogP contribution is 2.47. The number of imidazole rings is 1. The van der Waals surface area contributed by atoms with Gasteiger partial charge in [-0.05, 0) is 66.0 Å². The van der Waals surface area contributed by atoms with Crippen molar-refractivity contribution in [1.29, 1.82) is 0 Å². The fourth-order valence-electron chi connectivity index (χ4n) is 6.03. The van der Waals surface area contributed by atoms with Crippen molar-refractivity contribution in [1.82, 2.24) is 9.55 Å². The SMILES string of the molecule is CC(C)C(C)(C)[Si](C)(C)O[C@@H](c1cn([C@@H]2O[C@H](COC(=O)c3ccccc3)[C@@H](OC(=O)c3ccccc3)[C@H]2OC(=O)c2ccccc2)cn1)[C@@H](Cl)CN=[N+]=[N-]. The van der Waals surface area contributed by atoms with Crippen molar-refractivity contribution in [2.45, 2.75) is 81.8 Å². The highest BCUT2D eigenvalue weighted by atomic mass is 35.5. The smallest absolute Gasteiger partial charge is 0.338 e. The molecule has 55 heavy (non-hydrogen) atoms. The molecule has 290 valence electrons. The Morgan fingerprint density at radius 3 is 1.91 bits per heavy atom. The van der Waals surface area contributed by atoms with Crippen molar-refractivity contribution >= 4 is 37.8 Å². The molecule has 1 aliphatic rings. The summed E-state index contributed by atoms with van der Waals surface area (Å²) >= 11 is 6.89. The van der Waals surface area contributed by atoms with Crippen LogP contribution in [0, 0.1) is 5.92 Å². The number of ether oxygens (including phenoxy) is 4. The number of nitrogens with zero attached hydrogens (tertiary/aromatic N) is 5. The predicted octanol–water partition coefficient (Wildman–Crippen LogP) is 8.71. The first-order valence-electron chi connectivity index (χ1n) is 18.0. The molecule has 3 aromatic carbocycles. The molecular formula is C40H46ClN5O8Si. The fraction of sp³-hybridized carbons (Fsp3) is 0.400. The van der Waals surface area contributed by atoms with Crippen LogP contribution in [-0.2, 0) is 23.4 Å². The summed E-state index contributed by atoms with van der Waals surface area (Å²) in [5, 5.41) is 2.74. The van der Waals surface area contributed by atoms with Crippen molar-refractivity contribution in [3.63, 3.8) is 0 Å². The van der Waals surface area contributed by atoms with E-state index in [1.54, 1.807) is 102 Å². The number of halogens is 1. The molecule has 0 amide bonds. The number of rotatable bonds is 16. The lowest BCUT2D eigenvalue weighted by molar-refractivity contribution is -0.0621. The number of benzene rings is 3. The second-order valence-corrected chi connectivity index (χ2v) is 19.7. The van der Waals surface area contributed by atoms with E-state index in [9.17, 15) is 14.4 Å². The first-order chi connectivity index (χ1) is 26.2. The van der Waals surface area contributed by atoms with Crippen LogP contribution in [0.15, 0.2) is 109 Å². The van der Waals surface area contributed by atoms with Gasteiger partial charge in [-0.2, -0.15) is 0 Å². The van der Waals surface area contributed by atoms with E-state index < -0.39 is 62.2 Å². The van der Waals surface area contributed by atoms with Gasteiger partial charge in [0.25, 0.3) is 0 Å². The second-order valence-electron chi connectivity index (χ2n) is 14.6. The summed E-state index contributed by atoms with van der Waals surface area (Å²) in [4.78, 5) is 47.8. The molecule has 15 heteroatoms. The standard InChI is InChI=1S/C40H46ClN5O8Si/c1-26(2)40(3,4)55(5,6)54-33(30(41)22-44-45-42)31-23-46(25-43-31)36-35(53-39(49)29-20-14-9-15-21-29)34(52-38(48)28-18-12-8-13-19-28)32(51-36)24-50-37(47)27-16-10-7-11-17-27/h7-21,23,25-26,30,32-36H,22,24H2,1-6H3/t30-,32+,33+,34+,35+,36+/m0/s1. The summed E-state index contributed by atoms with van der Waals surface area (Å²) in [6, 6.07) is 25.1. The molecule has 13 nitrogen and oxygen atoms in total. The molecule has 0 radical (unpaired) electrons. The van der Waals surface area contributed by atoms with E-state index in [0.717, 1.165) is 0 Å². The minimum absolute atomic E-state index is 0.0637. The molecule has 1 aromatic heterocycles. The third kappa shape index (κ3) is 9.83. The Kier molecular flexibility index (Phi) is 13.6. The van der Waals surface area contributed by atoms with Crippen molar-refractivity contribution in [2.24, 2.45) is 11.0 Å². The zero-order chi connectivity index (χ0) is 39.8. The average Bonchev–Trinajstić information content (AvgIpc) is 3.80. The molecule has 0 unspecified atom stereocenters. The lowest BCUT2D eigenvalue weighted by Gasteiger charge is -2.44. The van der Waals surface area contributed by atoms with Crippen LogP contribution < -0.4 is 0 Å². The van der Waals surface area contributed by atoms with Gasteiger partial charge >= 0.3 is 17.9 Å². The minimum Gasteiger partial charge on any atom is -0.459 e. The first kappa shape index (κ1) is 41.2. The zero-order valence-electron chi connectivity index (χ0n) is 31.7. The topological polar surface area (TPSA) is 164 Å². The van der Waals surface area contributed by atoms with Crippen LogP contribution in [0.5, 0.6) is 0 Å². The highest BCUT2D eigenvalue weighted by molar-refractivity contribution is 6.74. The minimum atomic E-state index is -2.53. The summed E-state index contributed by atoms with van der Waals surface area (Å²) in [7, 11) is -2.53. The van der Waals surface area contributed by atoms with E-state index >= 15 is 0 Å². The molecule has 0 spiro atoms. The normalized spacial score (nSPS) is 19.6. The fourth-order valence-corrected chi connectivity index (χ4v) is 8.97. The molecule has 1 fully saturated rings.